The Labute approximate surface area is 130 Å². The first-order valence-electron chi connectivity index (χ1n) is 6.19. The first-order chi connectivity index (χ1) is 9.97. The standard InChI is InChI=1S/C14H16BrNO5/c1-20-12(17)7-6-11(14(19)21-2)16-13(18)9-4-3-5-10(15)8-9/h3-5,8,11H,6-7H2,1-2H3,(H,16,18). The van der Waals surface area contributed by atoms with E-state index < -0.39 is 23.9 Å². The maximum absolute atomic E-state index is 12.1. The van der Waals surface area contributed by atoms with Gasteiger partial charge in [-0.05, 0) is 24.6 Å². The first kappa shape index (κ1) is 17.2. The van der Waals surface area contributed by atoms with E-state index in [2.05, 4.69) is 30.7 Å². The molecule has 0 heterocycles. The van der Waals surface area contributed by atoms with Crippen molar-refractivity contribution in [1.29, 1.82) is 0 Å². The van der Waals surface area contributed by atoms with Crippen LogP contribution < -0.4 is 5.32 Å². The third-order valence-corrected chi connectivity index (χ3v) is 3.24. The minimum Gasteiger partial charge on any atom is -0.469 e. The summed E-state index contributed by atoms with van der Waals surface area (Å²) in [6.45, 7) is 0. The van der Waals surface area contributed by atoms with Gasteiger partial charge in [-0.25, -0.2) is 4.79 Å². The Hall–Kier alpha value is -1.89. The average Bonchev–Trinajstić information content (AvgIpc) is 2.49. The predicted octanol–water partition coefficient (Wildman–Crippen LogP) is 1.67. The summed E-state index contributed by atoms with van der Waals surface area (Å²) in [6, 6.07) is 5.84. The van der Waals surface area contributed by atoms with Gasteiger partial charge in [0.05, 0.1) is 14.2 Å². The van der Waals surface area contributed by atoms with E-state index in [-0.39, 0.29) is 12.8 Å². The highest BCUT2D eigenvalue weighted by molar-refractivity contribution is 9.10. The summed E-state index contributed by atoms with van der Waals surface area (Å²) in [5.41, 5.74) is 0.399. The molecule has 6 nitrogen and oxygen atoms in total. The lowest BCUT2D eigenvalue weighted by Gasteiger charge is -2.16. The smallest absolute Gasteiger partial charge is 0.328 e. The number of esters is 2. The Kier molecular flexibility index (Phi) is 6.87. The molecule has 21 heavy (non-hydrogen) atoms. The number of methoxy groups -OCH3 is 2. The Morgan fingerprint density at radius 1 is 1.24 bits per heavy atom. The average molecular weight is 358 g/mol. The Morgan fingerprint density at radius 3 is 2.52 bits per heavy atom. The second-order valence-electron chi connectivity index (χ2n) is 4.17. The van der Waals surface area contributed by atoms with E-state index in [0.29, 0.717) is 5.56 Å². The lowest BCUT2D eigenvalue weighted by Crippen LogP contribution is -2.41. The zero-order valence-corrected chi connectivity index (χ0v) is 13.3. The normalized spacial score (nSPS) is 11.4. The largest absolute Gasteiger partial charge is 0.469 e. The Bertz CT molecular complexity index is 532. The molecular formula is C14H16BrNO5. The summed E-state index contributed by atoms with van der Waals surface area (Å²) < 4.78 is 9.88. The van der Waals surface area contributed by atoms with Gasteiger partial charge in [0.1, 0.15) is 6.04 Å². The molecule has 0 aliphatic heterocycles. The molecule has 114 valence electrons. The predicted molar refractivity (Wildman–Crippen MR) is 78.7 cm³/mol. The molecule has 0 saturated carbocycles. The highest BCUT2D eigenvalue weighted by atomic mass is 79.9. The van der Waals surface area contributed by atoms with Gasteiger partial charge in [0.25, 0.3) is 5.91 Å². The van der Waals surface area contributed by atoms with Crippen molar-refractivity contribution in [2.24, 2.45) is 0 Å². The van der Waals surface area contributed by atoms with Crippen LogP contribution in [0.1, 0.15) is 23.2 Å². The lowest BCUT2D eigenvalue weighted by molar-refractivity contribution is -0.144. The van der Waals surface area contributed by atoms with Crippen LogP contribution in [0.2, 0.25) is 0 Å². The SMILES string of the molecule is COC(=O)CCC(NC(=O)c1cccc(Br)c1)C(=O)OC. The van der Waals surface area contributed by atoms with Gasteiger partial charge in [-0.3, -0.25) is 9.59 Å². The van der Waals surface area contributed by atoms with Crippen LogP contribution in [-0.4, -0.2) is 38.1 Å². The van der Waals surface area contributed by atoms with Crippen LogP contribution in [0.4, 0.5) is 0 Å². The first-order valence-corrected chi connectivity index (χ1v) is 6.98. The van der Waals surface area contributed by atoms with E-state index in [4.69, 9.17) is 0 Å². The van der Waals surface area contributed by atoms with E-state index in [9.17, 15) is 14.4 Å². The van der Waals surface area contributed by atoms with E-state index >= 15 is 0 Å². The topological polar surface area (TPSA) is 81.7 Å². The number of ether oxygens (including phenoxy) is 2. The van der Waals surface area contributed by atoms with E-state index in [1.54, 1.807) is 24.3 Å². The van der Waals surface area contributed by atoms with Crippen LogP contribution in [-0.2, 0) is 19.1 Å². The van der Waals surface area contributed by atoms with E-state index in [1.165, 1.54) is 14.2 Å². The van der Waals surface area contributed by atoms with Gasteiger partial charge in [-0.15, -0.1) is 0 Å². The second-order valence-corrected chi connectivity index (χ2v) is 5.09. The van der Waals surface area contributed by atoms with Crippen molar-refractivity contribution < 1.29 is 23.9 Å². The van der Waals surface area contributed by atoms with Crippen molar-refractivity contribution in [3.63, 3.8) is 0 Å². The fourth-order valence-corrected chi connectivity index (χ4v) is 2.03. The summed E-state index contributed by atoms with van der Waals surface area (Å²) in [5, 5.41) is 2.55. The van der Waals surface area contributed by atoms with Gasteiger partial charge in [0.15, 0.2) is 0 Å². The van der Waals surface area contributed by atoms with Crippen LogP contribution in [0, 0.1) is 0 Å². The van der Waals surface area contributed by atoms with Crippen molar-refractivity contribution in [3.8, 4) is 0 Å². The number of benzene rings is 1. The van der Waals surface area contributed by atoms with Crippen molar-refractivity contribution in [2.45, 2.75) is 18.9 Å². The Morgan fingerprint density at radius 2 is 1.95 bits per heavy atom. The molecule has 7 heteroatoms. The summed E-state index contributed by atoms with van der Waals surface area (Å²) in [5.74, 6) is -1.49. The van der Waals surface area contributed by atoms with Crippen molar-refractivity contribution >= 4 is 33.8 Å². The van der Waals surface area contributed by atoms with Gasteiger partial charge >= 0.3 is 11.9 Å². The molecule has 0 aliphatic carbocycles. The van der Waals surface area contributed by atoms with Crippen LogP contribution in [0.3, 0.4) is 0 Å². The molecule has 1 amide bonds. The lowest BCUT2D eigenvalue weighted by atomic mass is 10.1. The minimum absolute atomic E-state index is 0.00896. The quantitative estimate of drug-likeness (QED) is 0.783. The molecule has 1 aromatic rings. The Balaban J connectivity index is 2.73. The van der Waals surface area contributed by atoms with Gasteiger partial charge in [-0.2, -0.15) is 0 Å². The molecule has 1 rings (SSSR count). The summed E-state index contributed by atoms with van der Waals surface area (Å²) in [7, 11) is 2.48. The summed E-state index contributed by atoms with van der Waals surface area (Å²) in [6.07, 6.45) is 0.119. The highest BCUT2D eigenvalue weighted by Gasteiger charge is 2.23. The van der Waals surface area contributed by atoms with Crippen molar-refractivity contribution in [2.75, 3.05) is 14.2 Å². The third kappa shape index (κ3) is 5.55. The fraction of sp³-hybridized carbons (Fsp3) is 0.357. The second kappa shape index (κ2) is 8.41. The molecule has 0 spiro atoms. The molecule has 0 fully saturated rings. The van der Waals surface area contributed by atoms with Gasteiger partial charge < -0.3 is 14.8 Å². The molecule has 1 unspecified atom stereocenters. The molecule has 1 aromatic carbocycles. The van der Waals surface area contributed by atoms with Gasteiger partial charge in [-0.1, -0.05) is 22.0 Å². The molecule has 1 atom stereocenters. The number of halogens is 1. The fourth-order valence-electron chi connectivity index (χ4n) is 1.63. The third-order valence-electron chi connectivity index (χ3n) is 2.74. The zero-order chi connectivity index (χ0) is 15.8. The number of amides is 1. The number of carbonyl (C=O) groups excluding carboxylic acids is 3. The zero-order valence-electron chi connectivity index (χ0n) is 11.7. The van der Waals surface area contributed by atoms with Crippen LogP contribution in [0.25, 0.3) is 0 Å². The highest BCUT2D eigenvalue weighted by Crippen LogP contribution is 2.12. The number of hydrogen-bond donors (Lipinski definition) is 1. The van der Waals surface area contributed by atoms with Gasteiger partial charge in [0.2, 0.25) is 0 Å². The molecule has 0 aliphatic rings. The maximum Gasteiger partial charge on any atom is 0.328 e. The molecule has 1 N–H and O–H groups in total. The van der Waals surface area contributed by atoms with Crippen LogP contribution in [0.15, 0.2) is 28.7 Å². The monoisotopic (exact) mass is 357 g/mol. The molecule has 0 aromatic heterocycles. The van der Waals surface area contributed by atoms with Crippen LogP contribution >= 0.6 is 15.9 Å². The van der Waals surface area contributed by atoms with E-state index in [0.717, 1.165) is 4.47 Å². The molecule has 0 saturated heterocycles. The molecular weight excluding hydrogens is 342 g/mol. The number of rotatable bonds is 6. The minimum atomic E-state index is -0.902. The number of carbonyl (C=O) groups is 3. The number of hydrogen-bond acceptors (Lipinski definition) is 5. The van der Waals surface area contributed by atoms with Crippen LogP contribution in [0.5, 0.6) is 0 Å². The summed E-state index contributed by atoms with van der Waals surface area (Å²) in [4.78, 5) is 34.9. The van der Waals surface area contributed by atoms with Gasteiger partial charge in [0, 0.05) is 16.5 Å². The molecule has 0 bridgehead atoms. The molecule has 0 radical (unpaired) electrons. The van der Waals surface area contributed by atoms with E-state index in [1.807, 2.05) is 0 Å². The van der Waals surface area contributed by atoms with Crippen molar-refractivity contribution in [3.05, 3.63) is 34.3 Å². The number of nitrogens with one attached hydrogen (secondary N) is 1. The van der Waals surface area contributed by atoms with Crippen molar-refractivity contribution in [1.82, 2.24) is 5.32 Å². The summed E-state index contributed by atoms with van der Waals surface area (Å²) >= 11 is 3.27. The maximum atomic E-state index is 12.1.